The molecule has 6 nitrogen and oxygen atoms in total. The Hall–Kier alpha value is -3.45. The maximum atomic E-state index is 13.7. The molecule has 170 valence electrons. The molecular formula is C26H26FN3O3. The zero-order valence-electron chi connectivity index (χ0n) is 18.7. The van der Waals surface area contributed by atoms with Crippen molar-refractivity contribution >= 4 is 28.8 Å². The van der Waals surface area contributed by atoms with Gasteiger partial charge in [0.05, 0.1) is 5.56 Å². The summed E-state index contributed by atoms with van der Waals surface area (Å²) in [7, 11) is 3.92. The van der Waals surface area contributed by atoms with Gasteiger partial charge in [-0.3, -0.25) is 9.59 Å². The maximum Gasteiger partial charge on any atom is 0.256 e. The summed E-state index contributed by atoms with van der Waals surface area (Å²) in [6, 6.07) is 11.9. The number of likely N-dealkylation sites (tertiary alicyclic amines) is 1. The van der Waals surface area contributed by atoms with E-state index >= 15 is 0 Å². The second kappa shape index (κ2) is 8.48. The third-order valence-electron chi connectivity index (χ3n) is 6.59. The van der Waals surface area contributed by atoms with Crippen LogP contribution >= 0.6 is 0 Å². The molecule has 1 N–H and O–H groups in total. The van der Waals surface area contributed by atoms with Crippen LogP contribution in [0.1, 0.15) is 34.3 Å². The Kier molecular flexibility index (Phi) is 5.50. The molecule has 2 amide bonds. The second-order valence-electron chi connectivity index (χ2n) is 8.85. The van der Waals surface area contributed by atoms with Crippen molar-refractivity contribution < 1.29 is 18.7 Å². The second-order valence-corrected chi connectivity index (χ2v) is 8.85. The molecule has 0 aliphatic carbocycles. The number of hydrogen-bond donors (Lipinski definition) is 1. The van der Waals surface area contributed by atoms with Crippen LogP contribution in [-0.4, -0.2) is 60.9 Å². The van der Waals surface area contributed by atoms with Crippen molar-refractivity contribution in [1.29, 1.82) is 0 Å². The van der Waals surface area contributed by atoms with Gasteiger partial charge in [0, 0.05) is 48.4 Å². The number of nitrogens with one attached hydrogen (secondary N) is 1. The average molecular weight is 448 g/mol. The number of nitrogens with zero attached hydrogens (tertiary/aromatic N) is 2. The molecule has 0 radical (unpaired) electrons. The van der Waals surface area contributed by atoms with E-state index in [1.807, 2.05) is 42.3 Å². The third kappa shape index (κ3) is 4.04. The Morgan fingerprint density at radius 3 is 2.85 bits per heavy atom. The Labute approximate surface area is 192 Å². The monoisotopic (exact) mass is 447 g/mol. The molecule has 3 heterocycles. The molecule has 2 aromatic carbocycles. The van der Waals surface area contributed by atoms with Crippen LogP contribution in [-0.2, 0) is 9.53 Å². The van der Waals surface area contributed by atoms with E-state index in [-0.39, 0.29) is 24.0 Å². The molecule has 1 saturated heterocycles. The first-order valence-electron chi connectivity index (χ1n) is 11.2. The van der Waals surface area contributed by atoms with Crippen LogP contribution in [0.2, 0.25) is 0 Å². The van der Waals surface area contributed by atoms with Crippen molar-refractivity contribution in [2.75, 3.05) is 32.5 Å². The Morgan fingerprint density at radius 2 is 2.06 bits per heavy atom. The van der Waals surface area contributed by atoms with Gasteiger partial charge in [-0.05, 0) is 56.4 Å². The molecule has 0 spiro atoms. The number of fused-ring (bicyclic) bond motifs is 1. The Balaban J connectivity index is 1.36. The minimum absolute atomic E-state index is 0.0308. The van der Waals surface area contributed by atoms with Crippen LogP contribution in [0.15, 0.2) is 54.6 Å². The summed E-state index contributed by atoms with van der Waals surface area (Å²) in [6.45, 7) is 1.85. The summed E-state index contributed by atoms with van der Waals surface area (Å²) < 4.78 is 19.9. The van der Waals surface area contributed by atoms with Crippen molar-refractivity contribution in [2.24, 2.45) is 0 Å². The minimum Gasteiger partial charge on any atom is -0.486 e. The summed E-state index contributed by atoms with van der Waals surface area (Å²) in [4.78, 5) is 29.8. The normalized spacial score (nSPS) is 23.3. The van der Waals surface area contributed by atoms with E-state index in [4.69, 9.17) is 4.74 Å². The zero-order chi connectivity index (χ0) is 23.1. The summed E-state index contributed by atoms with van der Waals surface area (Å²) >= 11 is 0. The van der Waals surface area contributed by atoms with Crippen molar-refractivity contribution in [3.05, 3.63) is 77.1 Å². The number of hydrogen-bond acceptors (Lipinski definition) is 4. The smallest absolute Gasteiger partial charge is 0.256 e. The summed E-state index contributed by atoms with van der Waals surface area (Å²) in [5, 5.41) is 2.76. The van der Waals surface area contributed by atoms with Crippen LogP contribution < -0.4 is 5.32 Å². The molecule has 33 heavy (non-hydrogen) atoms. The fourth-order valence-electron chi connectivity index (χ4n) is 4.74. The lowest BCUT2D eigenvalue weighted by Gasteiger charge is -2.25. The van der Waals surface area contributed by atoms with Crippen LogP contribution in [0, 0.1) is 5.82 Å². The van der Waals surface area contributed by atoms with E-state index in [1.54, 1.807) is 12.1 Å². The number of carbonyl (C=O) groups excluding carboxylic acids is 2. The van der Waals surface area contributed by atoms with E-state index in [0.29, 0.717) is 34.6 Å². The minimum atomic E-state index is -0.396. The Bertz CT molecular complexity index is 1190. The third-order valence-corrected chi connectivity index (χ3v) is 6.59. The maximum absolute atomic E-state index is 13.7. The van der Waals surface area contributed by atoms with Crippen molar-refractivity contribution in [2.45, 2.75) is 25.0 Å². The van der Waals surface area contributed by atoms with Gasteiger partial charge in [0.1, 0.15) is 17.7 Å². The molecule has 3 aliphatic rings. The van der Waals surface area contributed by atoms with Gasteiger partial charge < -0.3 is 19.9 Å². The van der Waals surface area contributed by atoms with Crippen LogP contribution in [0.5, 0.6) is 0 Å². The molecule has 5 rings (SSSR count). The molecule has 7 heteroatoms. The van der Waals surface area contributed by atoms with Gasteiger partial charge in [0.25, 0.3) is 11.8 Å². The highest BCUT2D eigenvalue weighted by Crippen LogP contribution is 2.36. The molecule has 0 saturated carbocycles. The highest BCUT2D eigenvalue weighted by Gasteiger charge is 2.31. The number of carbonyl (C=O) groups is 2. The largest absolute Gasteiger partial charge is 0.486 e. The van der Waals surface area contributed by atoms with Gasteiger partial charge in [0.2, 0.25) is 0 Å². The van der Waals surface area contributed by atoms with E-state index in [0.717, 1.165) is 25.1 Å². The van der Waals surface area contributed by atoms with Gasteiger partial charge in [-0.1, -0.05) is 18.2 Å². The van der Waals surface area contributed by atoms with E-state index in [1.165, 1.54) is 12.1 Å². The van der Waals surface area contributed by atoms with Crippen molar-refractivity contribution in [3.8, 4) is 0 Å². The fourth-order valence-corrected chi connectivity index (χ4v) is 4.74. The van der Waals surface area contributed by atoms with Crippen molar-refractivity contribution in [3.63, 3.8) is 0 Å². The predicted molar refractivity (Wildman–Crippen MR) is 125 cm³/mol. The highest BCUT2D eigenvalue weighted by molar-refractivity contribution is 6.31. The number of rotatable bonds is 4. The van der Waals surface area contributed by atoms with Gasteiger partial charge >= 0.3 is 0 Å². The van der Waals surface area contributed by atoms with Crippen LogP contribution in [0.25, 0.3) is 11.3 Å². The van der Waals surface area contributed by atoms with E-state index in [9.17, 15) is 14.0 Å². The first kappa shape index (κ1) is 21.4. The van der Waals surface area contributed by atoms with Crippen LogP contribution in [0.3, 0.4) is 0 Å². The molecule has 2 atom stereocenters. The lowest BCUT2D eigenvalue weighted by atomic mass is 10.0. The number of likely N-dealkylation sites (N-methyl/N-ethyl adjacent to an activating group) is 2. The van der Waals surface area contributed by atoms with Gasteiger partial charge in [-0.2, -0.15) is 0 Å². The van der Waals surface area contributed by atoms with Gasteiger partial charge in [-0.15, -0.1) is 0 Å². The number of benzene rings is 2. The number of amides is 2. The molecule has 2 aromatic rings. The topological polar surface area (TPSA) is 61.9 Å². The van der Waals surface area contributed by atoms with Crippen LogP contribution in [0.4, 0.5) is 10.1 Å². The molecule has 0 bridgehead atoms. The first-order valence-corrected chi connectivity index (χ1v) is 11.2. The predicted octanol–water partition coefficient (Wildman–Crippen LogP) is 3.77. The SMILES string of the molecule is CN1CCC(N(C)C(=O)c2ccccc2C2=CCC(/C=C3/C(=O)Nc4ccc(F)cc43)O2)C1. The number of halogens is 1. The summed E-state index contributed by atoms with van der Waals surface area (Å²) in [6.07, 6.45) is 4.81. The number of anilines is 1. The van der Waals surface area contributed by atoms with Gasteiger partial charge in [0.15, 0.2) is 0 Å². The molecule has 2 unspecified atom stereocenters. The lowest BCUT2D eigenvalue weighted by molar-refractivity contribution is -0.110. The summed E-state index contributed by atoms with van der Waals surface area (Å²) in [5.74, 6) is -0.0777. The van der Waals surface area contributed by atoms with E-state index < -0.39 is 5.82 Å². The average Bonchev–Trinajstić information content (AvgIpc) is 3.53. The quantitative estimate of drug-likeness (QED) is 0.725. The highest BCUT2D eigenvalue weighted by atomic mass is 19.1. The Morgan fingerprint density at radius 1 is 1.24 bits per heavy atom. The first-order chi connectivity index (χ1) is 15.9. The zero-order valence-corrected chi connectivity index (χ0v) is 18.7. The lowest BCUT2D eigenvalue weighted by Crippen LogP contribution is -2.38. The number of ether oxygens (including phenoxy) is 1. The summed E-state index contributed by atoms with van der Waals surface area (Å²) in [5.41, 5.74) is 2.87. The molecule has 1 fully saturated rings. The standard InChI is InChI=1S/C26H26FN3O3/c1-29-12-11-17(15-29)30(2)26(32)20-6-4-3-5-19(20)24-10-8-18(33-24)14-22-21-13-16(27)7-9-23(21)28-25(22)31/h3-7,9-10,13-14,17-18H,8,11-12,15H2,1-2H3,(H,28,31)/b22-14+. The van der Waals surface area contributed by atoms with Crippen molar-refractivity contribution in [1.82, 2.24) is 9.80 Å². The fraction of sp³-hybridized carbons (Fsp3) is 0.308. The van der Waals surface area contributed by atoms with Gasteiger partial charge in [-0.25, -0.2) is 4.39 Å². The molecule has 0 aromatic heterocycles. The molecule has 3 aliphatic heterocycles. The van der Waals surface area contributed by atoms with E-state index in [2.05, 4.69) is 17.3 Å². The molecular weight excluding hydrogens is 421 g/mol.